The van der Waals surface area contributed by atoms with Crippen molar-refractivity contribution in [2.45, 2.75) is 6.61 Å². The summed E-state index contributed by atoms with van der Waals surface area (Å²) in [4.78, 5) is 12.2. The summed E-state index contributed by atoms with van der Waals surface area (Å²) in [6.45, 7) is 0.381. The Kier molecular flexibility index (Phi) is 7.35. The Morgan fingerprint density at radius 2 is 1.60 bits per heavy atom. The zero-order chi connectivity index (χ0) is 21.3. The third-order valence-electron chi connectivity index (χ3n) is 4.25. The summed E-state index contributed by atoms with van der Waals surface area (Å²) in [6, 6.07) is 20.3. The minimum absolute atomic E-state index is 0.264. The highest BCUT2D eigenvalue weighted by Gasteiger charge is 2.14. The second kappa shape index (κ2) is 10.4. The molecular weight excluding hydrogens is 402 g/mol. The van der Waals surface area contributed by atoms with Crippen LogP contribution < -0.4 is 19.5 Å². The fraction of sp³-hybridized carbons (Fsp3) is 0.125. The van der Waals surface area contributed by atoms with Gasteiger partial charge in [-0.3, -0.25) is 4.79 Å². The second-order valence-electron chi connectivity index (χ2n) is 6.36. The van der Waals surface area contributed by atoms with Crippen molar-refractivity contribution in [3.63, 3.8) is 0 Å². The molecular formula is C24H22ClNO4. The van der Waals surface area contributed by atoms with Gasteiger partial charge in [-0.2, -0.15) is 0 Å². The van der Waals surface area contributed by atoms with Crippen molar-refractivity contribution < 1.29 is 19.0 Å². The summed E-state index contributed by atoms with van der Waals surface area (Å²) >= 11 is 5.86. The van der Waals surface area contributed by atoms with Crippen LogP contribution in [-0.2, 0) is 11.4 Å². The highest BCUT2D eigenvalue weighted by Crippen LogP contribution is 2.39. The molecule has 0 atom stereocenters. The highest BCUT2D eigenvalue weighted by molar-refractivity contribution is 6.30. The van der Waals surface area contributed by atoms with Crippen LogP contribution >= 0.6 is 11.6 Å². The van der Waals surface area contributed by atoms with E-state index in [0.29, 0.717) is 34.6 Å². The largest absolute Gasteiger partial charge is 0.493 e. The first-order valence-electron chi connectivity index (χ1n) is 9.26. The van der Waals surface area contributed by atoms with Crippen LogP contribution in [0.2, 0.25) is 5.02 Å². The van der Waals surface area contributed by atoms with Gasteiger partial charge < -0.3 is 19.5 Å². The number of methoxy groups -OCH3 is 2. The number of carbonyl (C=O) groups excluding carboxylic acids is 1. The van der Waals surface area contributed by atoms with Crippen LogP contribution in [-0.4, -0.2) is 20.1 Å². The molecule has 1 N–H and O–H groups in total. The van der Waals surface area contributed by atoms with Crippen LogP contribution in [0.3, 0.4) is 0 Å². The van der Waals surface area contributed by atoms with Gasteiger partial charge in [0.25, 0.3) is 0 Å². The van der Waals surface area contributed by atoms with Crippen molar-refractivity contribution >= 4 is 29.3 Å². The normalized spacial score (nSPS) is 10.6. The summed E-state index contributed by atoms with van der Waals surface area (Å²) < 4.78 is 16.9. The number of ether oxygens (including phenoxy) is 3. The SMILES string of the molecule is COc1cc(/C=C/C(=O)Nc2ccc(Cl)cc2)cc(OC)c1OCc1ccccc1. The number of hydrogen-bond acceptors (Lipinski definition) is 4. The monoisotopic (exact) mass is 423 g/mol. The lowest BCUT2D eigenvalue weighted by Crippen LogP contribution is -2.07. The fourth-order valence-corrected chi connectivity index (χ4v) is 2.88. The van der Waals surface area contributed by atoms with Crippen molar-refractivity contribution in [1.82, 2.24) is 0 Å². The van der Waals surface area contributed by atoms with E-state index in [1.54, 1.807) is 56.7 Å². The third kappa shape index (κ3) is 5.78. The number of carbonyl (C=O) groups is 1. The van der Waals surface area contributed by atoms with E-state index in [4.69, 9.17) is 25.8 Å². The van der Waals surface area contributed by atoms with E-state index in [1.165, 1.54) is 6.08 Å². The van der Waals surface area contributed by atoms with Crippen LogP contribution in [0.15, 0.2) is 72.8 Å². The van der Waals surface area contributed by atoms with Crippen molar-refractivity contribution in [1.29, 1.82) is 0 Å². The molecule has 6 heteroatoms. The van der Waals surface area contributed by atoms with Gasteiger partial charge in [0.1, 0.15) is 6.61 Å². The Labute approximate surface area is 180 Å². The summed E-state index contributed by atoms with van der Waals surface area (Å²) in [6.07, 6.45) is 3.12. The maximum absolute atomic E-state index is 12.2. The molecule has 0 fully saturated rings. The lowest BCUT2D eigenvalue weighted by molar-refractivity contribution is -0.111. The maximum atomic E-state index is 12.2. The van der Waals surface area contributed by atoms with Crippen molar-refractivity contribution in [2.24, 2.45) is 0 Å². The zero-order valence-electron chi connectivity index (χ0n) is 16.7. The molecule has 154 valence electrons. The lowest BCUT2D eigenvalue weighted by Gasteiger charge is -2.15. The van der Waals surface area contributed by atoms with Gasteiger partial charge in [-0.15, -0.1) is 0 Å². The predicted octanol–water partition coefficient (Wildman–Crippen LogP) is 5.59. The molecule has 3 aromatic rings. The second-order valence-corrected chi connectivity index (χ2v) is 6.79. The number of anilines is 1. The minimum atomic E-state index is -0.264. The Balaban J connectivity index is 1.74. The maximum Gasteiger partial charge on any atom is 0.248 e. The van der Waals surface area contributed by atoms with Gasteiger partial charge in [0.2, 0.25) is 11.7 Å². The van der Waals surface area contributed by atoms with E-state index in [9.17, 15) is 4.79 Å². The quantitative estimate of drug-likeness (QED) is 0.480. The summed E-state index contributed by atoms with van der Waals surface area (Å²) in [5.74, 6) is 1.28. The average molecular weight is 424 g/mol. The van der Waals surface area contributed by atoms with E-state index in [1.807, 2.05) is 30.3 Å². The first-order chi connectivity index (χ1) is 14.6. The van der Waals surface area contributed by atoms with Crippen LogP contribution in [0.4, 0.5) is 5.69 Å². The zero-order valence-corrected chi connectivity index (χ0v) is 17.5. The number of rotatable bonds is 8. The number of hydrogen-bond donors (Lipinski definition) is 1. The number of benzene rings is 3. The molecule has 0 aliphatic heterocycles. The van der Waals surface area contributed by atoms with Gasteiger partial charge in [-0.05, 0) is 53.6 Å². The summed E-state index contributed by atoms with van der Waals surface area (Å²) in [5, 5.41) is 3.38. The predicted molar refractivity (Wildman–Crippen MR) is 119 cm³/mol. The van der Waals surface area contributed by atoms with Gasteiger partial charge in [0.05, 0.1) is 14.2 Å². The Morgan fingerprint density at radius 3 is 2.20 bits per heavy atom. The molecule has 0 spiro atoms. The van der Waals surface area contributed by atoms with Crippen molar-refractivity contribution in [2.75, 3.05) is 19.5 Å². The first kappa shape index (κ1) is 21.3. The number of nitrogens with one attached hydrogen (secondary N) is 1. The van der Waals surface area contributed by atoms with Crippen molar-refractivity contribution in [3.05, 3.63) is 89.0 Å². The molecule has 0 aliphatic carbocycles. The van der Waals surface area contributed by atoms with Crippen LogP contribution in [0.25, 0.3) is 6.08 Å². The Morgan fingerprint density at radius 1 is 0.967 bits per heavy atom. The molecule has 0 saturated heterocycles. The summed E-state index contributed by atoms with van der Waals surface area (Å²) in [5.41, 5.74) is 2.43. The van der Waals surface area contributed by atoms with Gasteiger partial charge in [-0.1, -0.05) is 41.9 Å². The van der Waals surface area contributed by atoms with E-state index in [-0.39, 0.29) is 5.91 Å². The van der Waals surface area contributed by atoms with Gasteiger partial charge >= 0.3 is 0 Å². The summed E-state index contributed by atoms with van der Waals surface area (Å²) in [7, 11) is 3.12. The highest BCUT2D eigenvalue weighted by atomic mass is 35.5. The van der Waals surface area contributed by atoms with Gasteiger partial charge in [0.15, 0.2) is 11.5 Å². The Bertz CT molecular complexity index is 992. The van der Waals surface area contributed by atoms with Crippen LogP contribution in [0, 0.1) is 0 Å². The van der Waals surface area contributed by atoms with Crippen LogP contribution in [0.1, 0.15) is 11.1 Å². The molecule has 1 amide bonds. The molecule has 0 unspecified atom stereocenters. The molecule has 0 saturated carbocycles. The molecule has 5 nitrogen and oxygen atoms in total. The minimum Gasteiger partial charge on any atom is -0.493 e. The molecule has 3 aromatic carbocycles. The molecule has 0 aromatic heterocycles. The average Bonchev–Trinajstić information content (AvgIpc) is 2.78. The van der Waals surface area contributed by atoms with Gasteiger partial charge in [-0.25, -0.2) is 0 Å². The van der Waals surface area contributed by atoms with E-state index in [0.717, 1.165) is 11.1 Å². The fourth-order valence-electron chi connectivity index (χ4n) is 2.76. The van der Waals surface area contributed by atoms with E-state index < -0.39 is 0 Å². The first-order valence-corrected chi connectivity index (χ1v) is 9.64. The number of amides is 1. The topological polar surface area (TPSA) is 56.8 Å². The molecule has 0 aliphatic rings. The molecule has 0 heterocycles. The third-order valence-corrected chi connectivity index (χ3v) is 4.50. The van der Waals surface area contributed by atoms with Crippen LogP contribution in [0.5, 0.6) is 17.2 Å². The smallest absolute Gasteiger partial charge is 0.248 e. The lowest BCUT2D eigenvalue weighted by atomic mass is 10.1. The standard InChI is InChI=1S/C24H22ClNO4/c1-28-21-14-18(8-13-23(27)26-20-11-9-19(25)10-12-20)15-22(29-2)24(21)30-16-17-6-4-3-5-7-17/h3-15H,16H2,1-2H3,(H,26,27)/b13-8+. The Hall–Kier alpha value is -3.44. The van der Waals surface area contributed by atoms with E-state index >= 15 is 0 Å². The molecule has 30 heavy (non-hydrogen) atoms. The number of halogens is 1. The molecule has 0 bridgehead atoms. The van der Waals surface area contributed by atoms with Gasteiger partial charge in [0, 0.05) is 16.8 Å². The molecule has 0 radical (unpaired) electrons. The molecule has 3 rings (SSSR count). The van der Waals surface area contributed by atoms with Crippen molar-refractivity contribution in [3.8, 4) is 17.2 Å². The van der Waals surface area contributed by atoms with E-state index in [2.05, 4.69) is 5.32 Å².